The van der Waals surface area contributed by atoms with Gasteiger partial charge in [0.05, 0.1) is 0 Å². The van der Waals surface area contributed by atoms with Crippen LogP contribution in [0.25, 0.3) is 16.8 Å². The Bertz CT molecular complexity index is 574. The van der Waals surface area contributed by atoms with E-state index in [1.807, 2.05) is 13.8 Å². The number of allylic oxidation sites excluding steroid dienone is 1. The zero-order valence-corrected chi connectivity index (χ0v) is 11.2. The molecule has 0 heteroatoms. The van der Waals surface area contributed by atoms with Gasteiger partial charge >= 0.3 is 0 Å². The van der Waals surface area contributed by atoms with Gasteiger partial charge in [-0.25, -0.2) is 0 Å². The van der Waals surface area contributed by atoms with Crippen LogP contribution in [-0.4, -0.2) is 0 Å². The summed E-state index contributed by atoms with van der Waals surface area (Å²) in [5.74, 6) is 0. The lowest BCUT2D eigenvalue weighted by Crippen LogP contribution is -1.86. The summed E-state index contributed by atoms with van der Waals surface area (Å²) in [4.78, 5) is 0. The predicted molar refractivity (Wildman–Crippen MR) is 77.4 cm³/mol. The number of hydrogen-bond acceptors (Lipinski definition) is 0. The molecule has 0 saturated carbocycles. The third kappa shape index (κ3) is 2.00. The second kappa shape index (κ2) is 4.75. The van der Waals surface area contributed by atoms with Crippen molar-refractivity contribution in [1.29, 1.82) is 0 Å². The monoisotopic (exact) mass is 224 g/mol. The van der Waals surface area contributed by atoms with Gasteiger partial charge in [0.1, 0.15) is 0 Å². The van der Waals surface area contributed by atoms with Crippen LogP contribution in [0.3, 0.4) is 0 Å². The molecule has 0 saturated heterocycles. The number of benzene rings is 2. The number of aryl methyl sites for hydroxylation is 1. The summed E-state index contributed by atoms with van der Waals surface area (Å²) in [6, 6.07) is 11.1. The topological polar surface area (TPSA) is 0 Å². The molecular weight excluding hydrogens is 204 g/mol. The molecule has 0 fully saturated rings. The van der Waals surface area contributed by atoms with Gasteiger partial charge in [-0.15, -0.1) is 0 Å². The van der Waals surface area contributed by atoms with E-state index in [1.165, 1.54) is 33.0 Å². The lowest BCUT2D eigenvalue weighted by atomic mass is 9.98. The summed E-state index contributed by atoms with van der Waals surface area (Å²) >= 11 is 0. The molecule has 3 rings (SSSR count). The minimum atomic E-state index is 1.12. The first kappa shape index (κ1) is 11.9. The Morgan fingerprint density at radius 3 is 2.41 bits per heavy atom. The van der Waals surface area contributed by atoms with E-state index in [2.05, 4.69) is 50.3 Å². The highest BCUT2D eigenvalue weighted by atomic mass is 14.2. The lowest BCUT2D eigenvalue weighted by Gasteiger charge is -2.06. The molecule has 0 aromatic heterocycles. The van der Waals surface area contributed by atoms with E-state index in [0.717, 1.165) is 6.42 Å². The van der Waals surface area contributed by atoms with Crippen LogP contribution in [0.15, 0.2) is 35.9 Å². The summed E-state index contributed by atoms with van der Waals surface area (Å²) in [6.07, 6.45) is 3.45. The number of rotatable bonds is 0. The van der Waals surface area contributed by atoms with Crippen LogP contribution >= 0.6 is 0 Å². The Balaban J connectivity index is 0.000000514. The average Bonchev–Trinajstić information content (AvgIpc) is 2.73. The van der Waals surface area contributed by atoms with Gasteiger partial charge in [0.15, 0.2) is 0 Å². The van der Waals surface area contributed by atoms with E-state index in [9.17, 15) is 0 Å². The van der Waals surface area contributed by atoms with Gasteiger partial charge in [-0.1, -0.05) is 55.8 Å². The normalized spacial score (nSPS) is 12.8. The Hall–Kier alpha value is -1.56. The molecule has 0 aliphatic heterocycles. The molecule has 0 amide bonds. The van der Waals surface area contributed by atoms with Gasteiger partial charge in [-0.3, -0.25) is 0 Å². The highest BCUT2D eigenvalue weighted by Gasteiger charge is 2.12. The first-order valence-corrected chi connectivity index (χ1v) is 6.44. The summed E-state index contributed by atoms with van der Waals surface area (Å²) in [5.41, 5.74) is 5.76. The molecule has 1 aliphatic carbocycles. The molecule has 2 aromatic rings. The third-order valence-corrected chi connectivity index (χ3v) is 3.27. The Morgan fingerprint density at radius 1 is 0.882 bits per heavy atom. The van der Waals surface area contributed by atoms with Crippen molar-refractivity contribution in [3.63, 3.8) is 0 Å². The molecule has 0 spiro atoms. The molecule has 17 heavy (non-hydrogen) atoms. The maximum absolute atomic E-state index is 2.33. The van der Waals surface area contributed by atoms with Gasteiger partial charge in [0.25, 0.3) is 0 Å². The quantitative estimate of drug-likeness (QED) is 0.581. The van der Waals surface area contributed by atoms with E-state index in [1.54, 1.807) is 0 Å². The van der Waals surface area contributed by atoms with E-state index in [0.29, 0.717) is 0 Å². The van der Waals surface area contributed by atoms with Crippen LogP contribution in [0.1, 0.15) is 37.5 Å². The van der Waals surface area contributed by atoms with Crippen molar-refractivity contribution >= 4 is 16.8 Å². The summed E-state index contributed by atoms with van der Waals surface area (Å²) in [7, 11) is 0. The second-order valence-electron chi connectivity index (χ2n) is 4.48. The van der Waals surface area contributed by atoms with Gasteiger partial charge in [0.2, 0.25) is 0 Å². The van der Waals surface area contributed by atoms with Crippen LogP contribution in [0.2, 0.25) is 0 Å². The molecule has 0 nitrogen and oxygen atoms in total. The Labute approximate surface area is 104 Å². The Kier molecular flexibility index (Phi) is 3.33. The van der Waals surface area contributed by atoms with Crippen LogP contribution in [-0.2, 0) is 6.42 Å². The predicted octanol–water partition coefficient (Wildman–Crippen LogP) is 5.13. The van der Waals surface area contributed by atoms with Crippen LogP contribution < -0.4 is 0 Å². The zero-order chi connectivity index (χ0) is 12.4. The lowest BCUT2D eigenvalue weighted by molar-refractivity contribution is 1.20. The maximum atomic E-state index is 2.33. The summed E-state index contributed by atoms with van der Waals surface area (Å²) < 4.78 is 0. The third-order valence-electron chi connectivity index (χ3n) is 3.27. The van der Waals surface area contributed by atoms with Crippen LogP contribution in [0.4, 0.5) is 0 Å². The molecule has 0 heterocycles. The standard InChI is InChI=1S/C15H14.C2H6/c1-10-8-12-6-7-13-11(2)4-3-5-14(13)15(12)9-10;1-2/h3-7,9H,8H2,1-2H3;1-2H3. The van der Waals surface area contributed by atoms with Crippen molar-refractivity contribution in [3.05, 3.63) is 52.6 Å². The summed E-state index contributed by atoms with van der Waals surface area (Å²) in [5, 5.41) is 2.80. The fourth-order valence-electron chi connectivity index (χ4n) is 2.51. The number of fused-ring (bicyclic) bond motifs is 3. The van der Waals surface area contributed by atoms with Crippen LogP contribution in [0, 0.1) is 6.92 Å². The highest BCUT2D eigenvalue weighted by Crippen LogP contribution is 2.32. The van der Waals surface area contributed by atoms with Gasteiger partial charge < -0.3 is 0 Å². The molecule has 88 valence electrons. The summed E-state index contributed by atoms with van der Waals surface area (Å²) in [6.45, 7) is 8.39. The second-order valence-corrected chi connectivity index (χ2v) is 4.48. The van der Waals surface area contributed by atoms with E-state index < -0.39 is 0 Å². The molecule has 0 N–H and O–H groups in total. The molecule has 2 aromatic carbocycles. The number of hydrogen-bond donors (Lipinski definition) is 0. The van der Waals surface area contributed by atoms with E-state index in [4.69, 9.17) is 0 Å². The van der Waals surface area contributed by atoms with Crippen molar-refractivity contribution in [1.82, 2.24) is 0 Å². The van der Waals surface area contributed by atoms with Crippen LogP contribution in [0.5, 0.6) is 0 Å². The van der Waals surface area contributed by atoms with Gasteiger partial charge in [-0.2, -0.15) is 0 Å². The van der Waals surface area contributed by atoms with E-state index >= 15 is 0 Å². The van der Waals surface area contributed by atoms with Gasteiger partial charge in [0, 0.05) is 0 Å². The van der Waals surface area contributed by atoms with Crippen molar-refractivity contribution in [2.45, 2.75) is 34.1 Å². The van der Waals surface area contributed by atoms with Gasteiger partial charge in [-0.05, 0) is 47.7 Å². The molecule has 0 unspecified atom stereocenters. The molecular formula is C17H20. The smallest absolute Gasteiger partial charge is 0.00604 e. The highest BCUT2D eigenvalue weighted by molar-refractivity contribution is 5.95. The minimum Gasteiger partial charge on any atom is -0.0683 e. The molecule has 0 atom stereocenters. The average molecular weight is 224 g/mol. The van der Waals surface area contributed by atoms with Crippen molar-refractivity contribution < 1.29 is 0 Å². The van der Waals surface area contributed by atoms with Crippen molar-refractivity contribution in [3.8, 4) is 0 Å². The maximum Gasteiger partial charge on any atom is -0.00604 e. The van der Waals surface area contributed by atoms with Crippen molar-refractivity contribution in [2.24, 2.45) is 0 Å². The Morgan fingerprint density at radius 2 is 1.65 bits per heavy atom. The first-order valence-electron chi connectivity index (χ1n) is 6.44. The SMILES string of the molecule is CC.CC1=Cc2c(ccc3c(C)cccc23)C1. The fraction of sp³-hybridized carbons (Fsp3) is 0.294. The largest absolute Gasteiger partial charge is 0.0683 e. The van der Waals surface area contributed by atoms with E-state index in [-0.39, 0.29) is 0 Å². The first-order chi connectivity index (χ1) is 8.25. The molecule has 0 radical (unpaired) electrons. The molecule has 0 bridgehead atoms. The van der Waals surface area contributed by atoms with Crippen molar-refractivity contribution in [2.75, 3.05) is 0 Å². The molecule has 1 aliphatic rings. The minimum absolute atomic E-state index is 1.12. The zero-order valence-electron chi connectivity index (χ0n) is 11.2. The fourth-order valence-corrected chi connectivity index (χ4v) is 2.51.